The van der Waals surface area contributed by atoms with Crippen LogP contribution in [0.4, 0.5) is 0 Å². The summed E-state index contributed by atoms with van der Waals surface area (Å²) in [5, 5.41) is 0. The van der Waals surface area contributed by atoms with Gasteiger partial charge in [-0.3, -0.25) is 19.3 Å². The molecule has 0 radical (unpaired) electrons. The van der Waals surface area contributed by atoms with Crippen molar-refractivity contribution in [2.24, 2.45) is 51.8 Å². The van der Waals surface area contributed by atoms with Gasteiger partial charge in [0.25, 0.3) is 0 Å². The largest absolute Gasteiger partial charge is 0.452 e. The molecule has 8 atom stereocenters. The number of hydrogen-bond donors (Lipinski definition) is 0. The van der Waals surface area contributed by atoms with Crippen LogP contribution in [0.15, 0.2) is 11.6 Å². The Hall–Kier alpha value is -2.13. The van der Waals surface area contributed by atoms with Crippen molar-refractivity contribution in [2.75, 3.05) is 26.2 Å². The fourth-order valence-corrected chi connectivity index (χ4v) is 9.68. The number of carbonyl (C=O) groups is 3. The standard InChI is InChI=1S/C32H45NO5/c1-7-33(8-2)16-9-10-17-37-29(36)31(6)14-11-13-30(5)23(31)12-15-32-19-22(20(3)4)21(18-24(30)32)25-26(32)28(35)38-27(25)34/h19-21,23-26H,7-8,11-18H2,1-6H3. The summed E-state index contributed by atoms with van der Waals surface area (Å²) >= 11 is 0. The summed E-state index contributed by atoms with van der Waals surface area (Å²) in [6.07, 6.45) is 7.80. The van der Waals surface area contributed by atoms with Crippen LogP contribution in [0.2, 0.25) is 0 Å². The fourth-order valence-electron chi connectivity index (χ4n) is 9.68. The molecule has 6 nitrogen and oxygen atoms in total. The van der Waals surface area contributed by atoms with Gasteiger partial charge in [-0.1, -0.05) is 64.5 Å². The third-order valence-electron chi connectivity index (χ3n) is 11.5. The summed E-state index contributed by atoms with van der Waals surface area (Å²) in [6, 6.07) is 0. The zero-order valence-corrected chi connectivity index (χ0v) is 24.1. The topological polar surface area (TPSA) is 72.9 Å². The third kappa shape index (κ3) is 3.90. The minimum atomic E-state index is -0.568. The number of ether oxygens (including phenoxy) is 2. The predicted octanol–water partition coefficient (Wildman–Crippen LogP) is 5.02. The van der Waals surface area contributed by atoms with Crippen LogP contribution in [0.3, 0.4) is 0 Å². The second-order valence-electron chi connectivity index (χ2n) is 13.3. The number of rotatable bonds is 6. The highest BCUT2D eigenvalue weighted by Gasteiger charge is 2.73. The molecule has 0 aromatic carbocycles. The Balaban J connectivity index is 1.41. The molecule has 1 aliphatic heterocycles. The maximum Gasteiger partial charge on any atom is 0.318 e. The molecule has 0 aromatic heterocycles. The zero-order chi connectivity index (χ0) is 27.5. The smallest absolute Gasteiger partial charge is 0.318 e. The summed E-state index contributed by atoms with van der Waals surface area (Å²) < 4.78 is 11.1. The number of fused-ring (bicyclic) bond motifs is 1. The average molecular weight is 524 g/mol. The molecule has 6 heteroatoms. The van der Waals surface area contributed by atoms with Crippen molar-refractivity contribution in [1.29, 1.82) is 0 Å². The SMILES string of the molecule is CCN(CC)CC#CCOC(=O)C1(C)CCCC2(C)C1CCC13C=C(C(C)C)C(CC21)C1C(=O)OC(=O)C13. The lowest BCUT2D eigenvalue weighted by Gasteiger charge is -2.68. The molecule has 8 unspecified atom stereocenters. The van der Waals surface area contributed by atoms with E-state index in [-0.39, 0.29) is 64.9 Å². The summed E-state index contributed by atoms with van der Waals surface area (Å²) in [5.74, 6) is 5.52. The van der Waals surface area contributed by atoms with Crippen molar-refractivity contribution in [3.8, 4) is 11.8 Å². The van der Waals surface area contributed by atoms with Gasteiger partial charge in [0.2, 0.25) is 0 Å². The monoisotopic (exact) mass is 523 g/mol. The van der Waals surface area contributed by atoms with E-state index in [1.807, 2.05) is 0 Å². The van der Waals surface area contributed by atoms with Crippen LogP contribution in [0.5, 0.6) is 0 Å². The Morgan fingerprint density at radius 3 is 2.53 bits per heavy atom. The first-order chi connectivity index (χ1) is 18.0. The Morgan fingerprint density at radius 2 is 1.84 bits per heavy atom. The molecule has 0 N–H and O–H groups in total. The molecule has 4 fully saturated rings. The number of nitrogens with zero attached hydrogens (tertiary/aromatic N) is 1. The molecule has 1 heterocycles. The minimum Gasteiger partial charge on any atom is -0.452 e. The number of esters is 3. The highest BCUT2D eigenvalue weighted by atomic mass is 16.6. The number of allylic oxidation sites excluding steroid dienone is 2. The molecule has 6 rings (SSSR count). The van der Waals surface area contributed by atoms with E-state index < -0.39 is 5.41 Å². The molecule has 1 saturated heterocycles. The van der Waals surface area contributed by atoms with Crippen LogP contribution in [-0.2, 0) is 23.9 Å². The van der Waals surface area contributed by atoms with Crippen LogP contribution in [0.1, 0.15) is 80.1 Å². The van der Waals surface area contributed by atoms with Crippen molar-refractivity contribution in [3.63, 3.8) is 0 Å². The minimum absolute atomic E-state index is 0.0580. The Bertz CT molecular complexity index is 1090. The van der Waals surface area contributed by atoms with Crippen LogP contribution in [0, 0.1) is 63.6 Å². The summed E-state index contributed by atoms with van der Waals surface area (Å²) in [7, 11) is 0. The second-order valence-corrected chi connectivity index (χ2v) is 13.3. The van der Waals surface area contributed by atoms with E-state index in [0.29, 0.717) is 12.5 Å². The molecule has 38 heavy (non-hydrogen) atoms. The van der Waals surface area contributed by atoms with Gasteiger partial charge in [-0.2, -0.15) is 0 Å². The molecule has 3 saturated carbocycles. The van der Waals surface area contributed by atoms with E-state index in [0.717, 1.165) is 51.6 Å². The van der Waals surface area contributed by atoms with Gasteiger partial charge in [-0.05, 0) is 81.2 Å². The molecule has 2 bridgehead atoms. The summed E-state index contributed by atoms with van der Waals surface area (Å²) in [5.41, 5.74) is 0.303. The molecule has 208 valence electrons. The van der Waals surface area contributed by atoms with Gasteiger partial charge < -0.3 is 9.47 Å². The van der Waals surface area contributed by atoms with Crippen LogP contribution < -0.4 is 0 Å². The second kappa shape index (κ2) is 9.81. The molecule has 5 aliphatic carbocycles. The zero-order valence-electron chi connectivity index (χ0n) is 24.1. The lowest BCUT2D eigenvalue weighted by molar-refractivity contribution is -0.197. The van der Waals surface area contributed by atoms with Crippen LogP contribution in [0.25, 0.3) is 0 Å². The van der Waals surface area contributed by atoms with Crippen molar-refractivity contribution in [2.45, 2.75) is 80.1 Å². The van der Waals surface area contributed by atoms with Gasteiger partial charge >= 0.3 is 17.9 Å². The van der Waals surface area contributed by atoms with Crippen molar-refractivity contribution in [3.05, 3.63) is 11.6 Å². The van der Waals surface area contributed by atoms with E-state index in [1.165, 1.54) is 5.57 Å². The van der Waals surface area contributed by atoms with Gasteiger partial charge in [-0.15, -0.1) is 0 Å². The number of carbonyl (C=O) groups excluding carboxylic acids is 3. The quantitative estimate of drug-likeness (QED) is 0.211. The Labute approximate surface area is 228 Å². The van der Waals surface area contributed by atoms with Crippen molar-refractivity contribution < 1.29 is 23.9 Å². The molecule has 1 spiro atoms. The molecule has 0 aromatic rings. The van der Waals surface area contributed by atoms with Gasteiger partial charge in [0.05, 0.1) is 23.8 Å². The fraction of sp³-hybridized carbons (Fsp3) is 0.781. The molecular formula is C32H45NO5. The van der Waals surface area contributed by atoms with E-state index in [2.05, 4.69) is 64.4 Å². The number of hydrogen-bond acceptors (Lipinski definition) is 6. The number of cyclic esters (lactones) is 2. The van der Waals surface area contributed by atoms with Gasteiger partial charge in [0.1, 0.15) is 0 Å². The van der Waals surface area contributed by atoms with E-state index in [9.17, 15) is 14.4 Å². The van der Waals surface area contributed by atoms with E-state index >= 15 is 0 Å². The lowest BCUT2D eigenvalue weighted by Crippen LogP contribution is -2.65. The highest BCUT2D eigenvalue weighted by molar-refractivity contribution is 5.98. The maximum absolute atomic E-state index is 13.6. The van der Waals surface area contributed by atoms with Gasteiger partial charge in [0.15, 0.2) is 6.61 Å². The Kier molecular flexibility index (Phi) is 7.08. The average Bonchev–Trinajstić information content (AvgIpc) is 3.21. The summed E-state index contributed by atoms with van der Waals surface area (Å²) in [4.78, 5) is 41.9. The van der Waals surface area contributed by atoms with Crippen LogP contribution >= 0.6 is 0 Å². The van der Waals surface area contributed by atoms with Crippen LogP contribution in [-0.4, -0.2) is 49.0 Å². The Morgan fingerprint density at radius 1 is 1.11 bits per heavy atom. The highest BCUT2D eigenvalue weighted by Crippen LogP contribution is 2.74. The van der Waals surface area contributed by atoms with E-state index in [1.54, 1.807) is 0 Å². The first-order valence-electron chi connectivity index (χ1n) is 14.9. The van der Waals surface area contributed by atoms with Crippen molar-refractivity contribution >= 4 is 17.9 Å². The van der Waals surface area contributed by atoms with Crippen molar-refractivity contribution in [1.82, 2.24) is 4.90 Å². The van der Waals surface area contributed by atoms with Gasteiger partial charge in [0, 0.05) is 5.41 Å². The first kappa shape index (κ1) is 27.4. The maximum atomic E-state index is 13.6. The normalized spacial score (nSPS) is 41.1. The molecule has 0 amide bonds. The van der Waals surface area contributed by atoms with E-state index in [4.69, 9.17) is 9.47 Å². The first-order valence-corrected chi connectivity index (χ1v) is 14.9. The third-order valence-corrected chi connectivity index (χ3v) is 11.5. The van der Waals surface area contributed by atoms with Gasteiger partial charge in [-0.25, -0.2) is 0 Å². The predicted molar refractivity (Wildman–Crippen MR) is 144 cm³/mol. The summed E-state index contributed by atoms with van der Waals surface area (Å²) in [6.45, 7) is 15.8. The molecular weight excluding hydrogens is 478 g/mol. The lowest BCUT2D eigenvalue weighted by atomic mass is 9.34. The molecule has 6 aliphatic rings.